The molecule has 0 fully saturated rings. The minimum absolute atomic E-state index is 0.143. The Morgan fingerprint density at radius 1 is 1.47 bits per heavy atom. The lowest BCUT2D eigenvalue weighted by atomic mass is 10.2. The lowest BCUT2D eigenvalue weighted by molar-refractivity contribution is -0.387. The largest absolute Gasteiger partial charge is 0.497 e. The van der Waals surface area contributed by atoms with Crippen molar-refractivity contribution in [2.24, 2.45) is 0 Å². The highest BCUT2D eigenvalue weighted by Crippen LogP contribution is 2.31. The molecule has 0 aliphatic rings. The molecule has 0 amide bonds. The molecule has 7 heteroatoms. The second-order valence-electron chi connectivity index (χ2n) is 3.17. The molecule has 1 aromatic heterocycles. The number of halogens is 1. The van der Waals surface area contributed by atoms with E-state index in [1.807, 2.05) is 0 Å². The van der Waals surface area contributed by atoms with Crippen LogP contribution in [-0.2, 0) is 0 Å². The topological polar surface area (TPSA) is 82.6 Å². The van der Waals surface area contributed by atoms with Gasteiger partial charge in [0.2, 0.25) is 0 Å². The molecule has 0 aliphatic heterocycles. The van der Waals surface area contributed by atoms with Gasteiger partial charge >= 0.3 is 11.3 Å². The van der Waals surface area contributed by atoms with E-state index in [9.17, 15) is 14.9 Å². The smallest absolute Gasteiger partial charge is 0.416 e. The molecule has 0 N–H and O–H groups in total. The van der Waals surface area contributed by atoms with Crippen molar-refractivity contribution in [3.63, 3.8) is 0 Å². The van der Waals surface area contributed by atoms with Crippen molar-refractivity contribution in [3.8, 4) is 5.75 Å². The lowest BCUT2D eigenvalue weighted by Gasteiger charge is -2.02. The molecule has 17 heavy (non-hydrogen) atoms. The van der Waals surface area contributed by atoms with Crippen LogP contribution in [0.5, 0.6) is 5.75 Å². The van der Waals surface area contributed by atoms with Crippen LogP contribution in [0.1, 0.15) is 0 Å². The van der Waals surface area contributed by atoms with Crippen LogP contribution in [0.25, 0.3) is 11.0 Å². The van der Waals surface area contributed by atoms with Crippen LogP contribution in [0.4, 0.5) is 5.69 Å². The molecule has 0 bridgehead atoms. The molecule has 2 aromatic rings. The molecule has 0 saturated heterocycles. The molecule has 1 heterocycles. The lowest BCUT2D eigenvalue weighted by Crippen LogP contribution is -2.07. The van der Waals surface area contributed by atoms with Crippen molar-refractivity contribution in [2.75, 3.05) is 7.11 Å². The summed E-state index contributed by atoms with van der Waals surface area (Å²) in [6.07, 6.45) is 0. The summed E-state index contributed by atoms with van der Waals surface area (Å²) in [6, 6.07) is 4.50. The van der Waals surface area contributed by atoms with E-state index in [-0.39, 0.29) is 10.6 Å². The van der Waals surface area contributed by atoms with Crippen LogP contribution in [0.3, 0.4) is 0 Å². The monoisotopic (exact) mass is 255 g/mol. The summed E-state index contributed by atoms with van der Waals surface area (Å²) in [4.78, 5) is 21.1. The van der Waals surface area contributed by atoms with E-state index < -0.39 is 16.2 Å². The number of methoxy groups -OCH3 is 1. The third-order valence-electron chi connectivity index (χ3n) is 2.21. The average molecular weight is 256 g/mol. The first-order valence-electron chi connectivity index (χ1n) is 4.49. The normalized spacial score (nSPS) is 10.5. The maximum Gasteiger partial charge on any atom is 0.416 e. The molecule has 0 unspecified atom stereocenters. The Kier molecular flexibility index (Phi) is 2.72. The fraction of sp³-hybridized carbons (Fsp3) is 0.100. The Labute approximate surface area is 99.5 Å². The second-order valence-corrected chi connectivity index (χ2v) is 3.55. The van der Waals surface area contributed by atoms with Crippen molar-refractivity contribution < 1.29 is 14.1 Å². The third kappa shape index (κ3) is 1.83. The Bertz CT molecular complexity index is 664. The van der Waals surface area contributed by atoms with Crippen LogP contribution >= 0.6 is 11.6 Å². The van der Waals surface area contributed by atoms with E-state index in [1.54, 1.807) is 6.07 Å². The van der Waals surface area contributed by atoms with Crippen LogP contribution in [-0.4, -0.2) is 12.0 Å². The van der Waals surface area contributed by atoms with E-state index in [1.165, 1.54) is 19.2 Å². The zero-order valence-electron chi connectivity index (χ0n) is 8.60. The van der Waals surface area contributed by atoms with Gasteiger partial charge < -0.3 is 9.15 Å². The van der Waals surface area contributed by atoms with Gasteiger partial charge in [0, 0.05) is 11.5 Å². The van der Waals surface area contributed by atoms with E-state index in [0.29, 0.717) is 11.1 Å². The van der Waals surface area contributed by atoms with E-state index >= 15 is 0 Å². The summed E-state index contributed by atoms with van der Waals surface area (Å²) in [5, 5.41) is 10.7. The van der Waals surface area contributed by atoms with Crippen LogP contribution in [0.2, 0.25) is 5.02 Å². The van der Waals surface area contributed by atoms with Gasteiger partial charge in [-0.05, 0) is 12.1 Å². The van der Waals surface area contributed by atoms with Crippen LogP contribution in [0.15, 0.2) is 27.4 Å². The Hall–Kier alpha value is -2.08. The molecular formula is C10H6ClNO5. The molecule has 2 rings (SSSR count). The summed E-state index contributed by atoms with van der Waals surface area (Å²) in [7, 11) is 1.45. The highest BCUT2D eigenvalue weighted by Gasteiger charge is 2.23. The van der Waals surface area contributed by atoms with Crippen LogP contribution < -0.4 is 10.4 Å². The first-order valence-corrected chi connectivity index (χ1v) is 4.87. The number of fused-ring (bicyclic) bond motifs is 1. The number of hydrogen-bond donors (Lipinski definition) is 0. The van der Waals surface area contributed by atoms with Gasteiger partial charge in [0.05, 0.1) is 12.0 Å². The van der Waals surface area contributed by atoms with Crippen molar-refractivity contribution >= 4 is 28.3 Å². The molecular weight excluding hydrogens is 250 g/mol. The molecule has 1 aromatic carbocycles. The summed E-state index contributed by atoms with van der Waals surface area (Å²) in [5.41, 5.74) is -1.70. The Balaban J connectivity index is 2.86. The van der Waals surface area contributed by atoms with Gasteiger partial charge in [-0.25, -0.2) is 4.79 Å². The van der Waals surface area contributed by atoms with Crippen molar-refractivity contribution in [3.05, 3.63) is 43.8 Å². The summed E-state index contributed by atoms with van der Waals surface area (Å²) in [5.74, 6) is 0.463. The third-order valence-corrected chi connectivity index (χ3v) is 2.59. The zero-order valence-corrected chi connectivity index (χ0v) is 9.35. The molecule has 0 radical (unpaired) electrons. The second kappa shape index (κ2) is 4.06. The molecule has 0 saturated carbocycles. The van der Waals surface area contributed by atoms with Crippen LogP contribution in [0, 0.1) is 10.1 Å². The molecule has 0 aliphatic carbocycles. The number of ether oxygens (including phenoxy) is 1. The van der Waals surface area contributed by atoms with E-state index in [2.05, 4.69) is 0 Å². The number of nitro groups is 1. The van der Waals surface area contributed by atoms with E-state index in [0.717, 1.165) is 0 Å². The predicted molar refractivity (Wildman–Crippen MR) is 60.7 cm³/mol. The fourth-order valence-corrected chi connectivity index (χ4v) is 1.72. The first-order chi connectivity index (χ1) is 8.04. The van der Waals surface area contributed by atoms with Gasteiger partial charge in [-0.1, -0.05) is 11.6 Å². The van der Waals surface area contributed by atoms with E-state index in [4.69, 9.17) is 20.8 Å². The van der Waals surface area contributed by atoms with Gasteiger partial charge in [0.15, 0.2) is 0 Å². The Morgan fingerprint density at radius 3 is 2.76 bits per heavy atom. The van der Waals surface area contributed by atoms with Crippen molar-refractivity contribution in [2.45, 2.75) is 0 Å². The first kappa shape index (κ1) is 11.4. The van der Waals surface area contributed by atoms with Crippen molar-refractivity contribution in [1.29, 1.82) is 0 Å². The SMILES string of the molecule is COc1ccc2c(Cl)c([N+](=O)[O-])c(=O)oc2c1. The zero-order chi connectivity index (χ0) is 12.6. The minimum Gasteiger partial charge on any atom is -0.497 e. The number of hydrogen-bond acceptors (Lipinski definition) is 5. The quantitative estimate of drug-likeness (QED) is 0.467. The number of nitrogens with zero attached hydrogens (tertiary/aromatic N) is 1. The number of rotatable bonds is 2. The maximum absolute atomic E-state index is 11.4. The maximum atomic E-state index is 11.4. The minimum atomic E-state index is -1.08. The molecule has 0 spiro atoms. The summed E-state index contributed by atoms with van der Waals surface area (Å²) in [6.45, 7) is 0. The summed E-state index contributed by atoms with van der Waals surface area (Å²) < 4.78 is 9.76. The molecule has 6 nitrogen and oxygen atoms in total. The highest BCUT2D eigenvalue weighted by molar-refractivity contribution is 6.37. The van der Waals surface area contributed by atoms with Gasteiger partial charge in [-0.2, -0.15) is 0 Å². The molecule has 88 valence electrons. The van der Waals surface area contributed by atoms with Gasteiger partial charge in [-0.3, -0.25) is 10.1 Å². The van der Waals surface area contributed by atoms with Gasteiger partial charge in [0.25, 0.3) is 0 Å². The predicted octanol–water partition coefficient (Wildman–Crippen LogP) is 2.36. The van der Waals surface area contributed by atoms with Gasteiger partial charge in [-0.15, -0.1) is 0 Å². The van der Waals surface area contributed by atoms with Crippen molar-refractivity contribution in [1.82, 2.24) is 0 Å². The fourth-order valence-electron chi connectivity index (χ4n) is 1.42. The Morgan fingerprint density at radius 2 is 2.18 bits per heavy atom. The average Bonchev–Trinajstić information content (AvgIpc) is 2.27. The van der Waals surface area contributed by atoms with Gasteiger partial charge in [0.1, 0.15) is 16.4 Å². The standard InChI is InChI=1S/C10H6ClNO5/c1-16-5-2-3-6-7(4-5)17-10(13)9(8(6)11)12(14)15/h2-4H,1H3. The molecule has 0 atom stereocenters. The summed E-state index contributed by atoms with van der Waals surface area (Å²) >= 11 is 5.79. The number of benzene rings is 1. The highest BCUT2D eigenvalue weighted by atomic mass is 35.5.